The number of pyridine rings is 4. The third kappa shape index (κ3) is 5.84. The minimum Gasteiger partial charge on any atom is -0.331 e. The van der Waals surface area contributed by atoms with Crippen molar-refractivity contribution in [2.75, 3.05) is 4.90 Å². The van der Waals surface area contributed by atoms with Gasteiger partial charge in [-0.25, -0.2) is 0 Å². The topological polar surface area (TPSA) is 59.7 Å². The van der Waals surface area contributed by atoms with Crippen LogP contribution in [0.25, 0.3) is 93.4 Å². The standard InChI is InChI=1S/C62H40N6/c1-5-15-39(16-6-1)53-51-31-29-50-49(61(51)67(59(53)43-19-9-3-10-20-43)47-35-45-27-25-41-23-13-33-63-55(41)57(45)65-37-47)30-32-52-54(40-17-7-2-8-18-40)60(44-21-11-4-12-22-44)68(62(50)52)48-36-46-28-26-42-24-14-34-64-56(42)58(46)66-38-48/h1-38,53,59H. The highest BCUT2D eigenvalue weighted by Crippen LogP contribution is 2.58. The van der Waals surface area contributed by atoms with Gasteiger partial charge in [-0.3, -0.25) is 19.9 Å². The van der Waals surface area contributed by atoms with Crippen LogP contribution in [0, 0.1) is 0 Å². The average molecular weight is 869 g/mol. The Balaban J connectivity index is 1.11. The maximum Gasteiger partial charge on any atom is 0.0966 e. The van der Waals surface area contributed by atoms with Gasteiger partial charge in [-0.05, 0) is 52.1 Å². The number of anilines is 2. The van der Waals surface area contributed by atoms with Gasteiger partial charge < -0.3 is 9.47 Å². The zero-order valence-electron chi connectivity index (χ0n) is 36.8. The molecule has 6 heterocycles. The predicted molar refractivity (Wildman–Crippen MR) is 279 cm³/mol. The van der Waals surface area contributed by atoms with Crippen LogP contribution < -0.4 is 4.90 Å². The molecule has 1 aliphatic rings. The maximum absolute atomic E-state index is 5.24. The minimum absolute atomic E-state index is 0.0160. The molecule has 2 atom stereocenters. The Kier molecular flexibility index (Phi) is 8.61. The lowest BCUT2D eigenvalue weighted by atomic mass is 9.84. The highest BCUT2D eigenvalue weighted by molar-refractivity contribution is 6.19. The molecule has 0 radical (unpaired) electrons. The van der Waals surface area contributed by atoms with E-state index in [0.29, 0.717) is 0 Å². The molecule has 0 bridgehead atoms. The van der Waals surface area contributed by atoms with Crippen molar-refractivity contribution in [2.24, 2.45) is 0 Å². The minimum atomic E-state index is -0.0765. The fourth-order valence-corrected chi connectivity index (χ4v) is 11.2. The first kappa shape index (κ1) is 38.3. The smallest absolute Gasteiger partial charge is 0.0966 e. The third-order valence-electron chi connectivity index (χ3n) is 14.1. The second kappa shape index (κ2) is 15.3. The van der Waals surface area contributed by atoms with Gasteiger partial charge in [-0.2, -0.15) is 0 Å². The van der Waals surface area contributed by atoms with Gasteiger partial charge in [0.1, 0.15) is 0 Å². The van der Waals surface area contributed by atoms with E-state index in [-0.39, 0.29) is 12.0 Å². The number of hydrogen-bond acceptors (Lipinski definition) is 5. The summed E-state index contributed by atoms with van der Waals surface area (Å²) in [5.41, 5.74) is 16.2. The molecule has 0 N–H and O–H groups in total. The largest absolute Gasteiger partial charge is 0.331 e. The van der Waals surface area contributed by atoms with E-state index in [9.17, 15) is 0 Å². The van der Waals surface area contributed by atoms with E-state index < -0.39 is 0 Å². The summed E-state index contributed by atoms with van der Waals surface area (Å²) < 4.78 is 2.47. The molecular formula is C62H40N6. The van der Waals surface area contributed by atoms with Crippen molar-refractivity contribution < 1.29 is 0 Å². The van der Waals surface area contributed by atoms with Crippen LogP contribution in [0.2, 0.25) is 0 Å². The van der Waals surface area contributed by atoms with E-state index in [4.69, 9.17) is 19.9 Å². The molecular weight excluding hydrogens is 829 g/mol. The molecule has 0 saturated carbocycles. The number of nitrogens with zero attached hydrogens (tertiary/aromatic N) is 6. The molecule has 0 saturated heterocycles. The summed E-state index contributed by atoms with van der Waals surface area (Å²) in [6.07, 6.45) is 7.80. The van der Waals surface area contributed by atoms with Crippen LogP contribution in [-0.4, -0.2) is 24.5 Å². The Morgan fingerprint density at radius 2 is 0.897 bits per heavy atom. The van der Waals surface area contributed by atoms with E-state index >= 15 is 0 Å². The van der Waals surface area contributed by atoms with Crippen molar-refractivity contribution in [1.82, 2.24) is 24.5 Å². The zero-order chi connectivity index (χ0) is 44.7. The molecule has 0 spiro atoms. The van der Waals surface area contributed by atoms with Gasteiger partial charge >= 0.3 is 0 Å². The van der Waals surface area contributed by atoms with Gasteiger partial charge in [-0.15, -0.1) is 0 Å². The Labute approximate surface area is 392 Å². The highest BCUT2D eigenvalue weighted by Gasteiger charge is 2.43. The fourth-order valence-electron chi connectivity index (χ4n) is 11.2. The molecule has 2 unspecified atom stereocenters. The first-order valence-corrected chi connectivity index (χ1v) is 23.2. The normalized spacial score (nSPS) is 14.7. The molecule has 8 aromatic carbocycles. The lowest BCUT2D eigenvalue weighted by Crippen LogP contribution is -2.23. The van der Waals surface area contributed by atoms with E-state index in [1.807, 2.05) is 30.7 Å². The summed E-state index contributed by atoms with van der Waals surface area (Å²) in [5.74, 6) is 0.0160. The Morgan fingerprint density at radius 1 is 0.382 bits per heavy atom. The third-order valence-corrected chi connectivity index (χ3v) is 14.1. The summed E-state index contributed by atoms with van der Waals surface area (Å²) in [6.45, 7) is 0. The van der Waals surface area contributed by atoms with Crippen LogP contribution in [0.4, 0.5) is 11.4 Å². The second-order valence-electron chi connectivity index (χ2n) is 17.8. The first-order chi connectivity index (χ1) is 33.8. The van der Waals surface area contributed by atoms with Gasteiger partial charge in [0.05, 0.1) is 68.8 Å². The summed E-state index contributed by atoms with van der Waals surface area (Å²) >= 11 is 0. The van der Waals surface area contributed by atoms with Crippen molar-refractivity contribution in [2.45, 2.75) is 12.0 Å². The lowest BCUT2D eigenvalue weighted by Gasteiger charge is -2.32. The quantitative estimate of drug-likeness (QED) is 0.156. The van der Waals surface area contributed by atoms with Crippen molar-refractivity contribution in [3.8, 4) is 28.1 Å². The van der Waals surface area contributed by atoms with Crippen molar-refractivity contribution >= 4 is 76.7 Å². The predicted octanol–water partition coefficient (Wildman–Crippen LogP) is 15.3. The molecule has 0 aliphatic carbocycles. The molecule has 14 rings (SSSR count). The monoisotopic (exact) mass is 868 g/mol. The van der Waals surface area contributed by atoms with Crippen molar-refractivity contribution in [3.63, 3.8) is 0 Å². The van der Waals surface area contributed by atoms with E-state index in [2.05, 4.69) is 210 Å². The molecule has 318 valence electrons. The number of benzene rings is 8. The molecule has 1 aliphatic heterocycles. The van der Waals surface area contributed by atoms with Gasteiger partial charge in [0.2, 0.25) is 0 Å². The SMILES string of the molecule is c1ccc(-c2c(-c3ccccc3)n(-c3cnc4c(ccc5cccnc54)c3)c3c2ccc2c4c(ccc23)C(c2ccccc2)C(c2ccccc2)N4c2cnc3c(ccc4cccnc43)c2)cc1. The van der Waals surface area contributed by atoms with Crippen LogP contribution in [0.15, 0.2) is 231 Å². The van der Waals surface area contributed by atoms with Crippen LogP contribution >= 0.6 is 0 Å². The van der Waals surface area contributed by atoms with Gasteiger partial charge in [0, 0.05) is 61.6 Å². The van der Waals surface area contributed by atoms with E-state index in [1.54, 1.807) is 0 Å². The lowest BCUT2D eigenvalue weighted by molar-refractivity contribution is 0.657. The molecule has 6 heteroatoms. The molecule has 6 nitrogen and oxygen atoms in total. The van der Waals surface area contributed by atoms with Gasteiger partial charge in [0.15, 0.2) is 0 Å². The van der Waals surface area contributed by atoms with Crippen LogP contribution in [0.1, 0.15) is 28.7 Å². The van der Waals surface area contributed by atoms with E-state index in [0.717, 1.165) is 88.1 Å². The van der Waals surface area contributed by atoms with Crippen molar-refractivity contribution in [3.05, 3.63) is 248 Å². The molecule has 68 heavy (non-hydrogen) atoms. The van der Waals surface area contributed by atoms with Crippen molar-refractivity contribution in [1.29, 1.82) is 0 Å². The zero-order valence-corrected chi connectivity index (χ0v) is 36.8. The summed E-state index contributed by atoms with van der Waals surface area (Å²) in [5, 5.41) is 7.71. The summed E-state index contributed by atoms with van der Waals surface area (Å²) in [7, 11) is 0. The number of rotatable bonds is 6. The number of hydrogen-bond donors (Lipinski definition) is 0. The number of fused-ring (bicyclic) bond motifs is 11. The second-order valence-corrected chi connectivity index (χ2v) is 17.8. The summed E-state index contributed by atoms with van der Waals surface area (Å²) in [4.78, 5) is 22.6. The fraction of sp³-hybridized carbons (Fsp3) is 0.0323. The molecule has 13 aromatic rings. The summed E-state index contributed by atoms with van der Waals surface area (Å²) in [6, 6.07) is 74.5. The molecule has 0 amide bonds. The van der Waals surface area contributed by atoms with Crippen LogP contribution in [0.3, 0.4) is 0 Å². The Hall–Kier alpha value is -9.00. The molecule has 0 fully saturated rings. The van der Waals surface area contributed by atoms with Crippen LogP contribution in [0.5, 0.6) is 0 Å². The Morgan fingerprint density at radius 3 is 1.54 bits per heavy atom. The Bertz CT molecular complexity index is 4100. The van der Waals surface area contributed by atoms with Gasteiger partial charge in [0.25, 0.3) is 0 Å². The maximum atomic E-state index is 5.24. The average Bonchev–Trinajstić information content (AvgIpc) is 3.96. The van der Waals surface area contributed by atoms with Gasteiger partial charge in [-0.1, -0.05) is 182 Å². The van der Waals surface area contributed by atoms with E-state index in [1.165, 1.54) is 33.3 Å². The number of aromatic nitrogens is 5. The van der Waals surface area contributed by atoms with Crippen LogP contribution in [-0.2, 0) is 0 Å². The highest BCUT2D eigenvalue weighted by atomic mass is 15.2. The first-order valence-electron chi connectivity index (χ1n) is 23.2. The molecule has 5 aromatic heterocycles.